The number of benzene rings is 7. The molecule has 0 atom stereocenters. The van der Waals surface area contributed by atoms with E-state index in [4.69, 9.17) is 0 Å². The summed E-state index contributed by atoms with van der Waals surface area (Å²) in [4.78, 5) is 48.3. The van der Waals surface area contributed by atoms with E-state index in [1.54, 1.807) is 72.8 Å². The summed E-state index contributed by atoms with van der Waals surface area (Å²) in [5.41, 5.74) is 11.4. The van der Waals surface area contributed by atoms with Crippen molar-refractivity contribution in [1.29, 1.82) is 21.0 Å². The maximum Gasteiger partial charge on any atom is 0.346 e. The average Bonchev–Trinajstić information content (AvgIpc) is 3.43. The molecule has 0 amide bonds. The molecule has 7 aromatic carbocycles. The highest BCUT2D eigenvalue weighted by atomic mass is 16.4. The summed E-state index contributed by atoms with van der Waals surface area (Å²) in [6.45, 7) is 4.09. The van der Waals surface area contributed by atoms with E-state index in [9.17, 15) is 60.7 Å². The number of nitriles is 4. The zero-order valence-electron chi connectivity index (χ0n) is 41.2. The summed E-state index contributed by atoms with van der Waals surface area (Å²) in [5, 5.41) is 75.0. The van der Waals surface area contributed by atoms with E-state index in [1.807, 2.05) is 129 Å². The predicted molar refractivity (Wildman–Crippen MR) is 295 cm³/mol. The van der Waals surface area contributed by atoms with Crippen LogP contribution in [0.2, 0.25) is 0 Å². The molecular formula is C64H43N5O8. The van der Waals surface area contributed by atoms with Crippen LogP contribution in [0.1, 0.15) is 66.8 Å². The van der Waals surface area contributed by atoms with Crippen molar-refractivity contribution in [3.63, 3.8) is 0 Å². The van der Waals surface area contributed by atoms with Crippen LogP contribution in [0.25, 0.3) is 47.6 Å². The van der Waals surface area contributed by atoms with E-state index in [-0.39, 0.29) is 0 Å². The Hall–Kier alpha value is -11.4. The van der Waals surface area contributed by atoms with Crippen LogP contribution in [0.4, 0.5) is 17.1 Å². The number of carboxylic acid groups (broad SMARTS) is 4. The summed E-state index contributed by atoms with van der Waals surface area (Å²) >= 11 is 0. The molecule has 0 bridgehead atoms. The van der Waals surface area contributed by atoms with Crippen molar-refractivity contribution in [3.05, 3.63) is 253 Å². The normalized spacial score (nSPS) is 11.4. The van der Waals surface area contributed by atoms with Gasteiger partial charge in [0.1, 0.15) is 46.6 Å². The van der Waals surface area contributed by atoms with E-state index >= 15 is 0 Å². The SMILES string of the molecule is Cc1ccc(N(c2ccc(C=C(c3ccc(/C=C(\C#N)C(=O)O)cc3)c3ccc(/C=C(\C#N)C(=O)O)cc3)cc2)c2ccc(C=C(c3ccc(/C=C(\C#N)C(=O)O)cc3)c3ccc(/C=C(\C#N)C(=O)O)cc3)cc2)cc1C. The lowest BCUT2D eigenvalue weighted by Crippen LogP contribution is -2.10. The van der Waals surface area contributed by atoms with Crippen LogP contribution in [0.3, 0.4) is 0 Å². The molecule has 7 aromatic rings. The van der Waals surface area contributed by atoms with Gasteiger partial charge in [0.05, 0.1) is 0 Å². The van der Waals surface area contributed by atoms with Crippen LogP contribution >= 0.6 is 0 Å². The number of anilines is 3. The molecular weight excluding hydrogens is 967 g/mol. The third-order valence-corrected chi connectivity index (χ3v) is 12.2. The summed E-state index contributed by atoms with van der Waals surface area (Å²) in [6.07, 6.45) is 9.12. The minimum absolute atomic E-state index is 0.413. The fraction of sp³-hybridized carbons (Fsp3) is 0.0312. The Morgan fingerprint density at radius 1 is 0.338 bits per heavy atom. The third-order valence-electron chi connectivity index (χ3n) is 12.2. The number of nitrogens with zero attached hydrogens (tertiary/aromatic N) is 5. The van der Waals surface area contributed by atoms with Crippen LogP contribution in [-0.4, -0.2) is 44.3 Å². The standard InChI is InChI=1S/C64H43N5O8/c1-40-3-24-58(29-41(40)2)69(56-25-12-46(13-26-56)34-59(48-16-4-42(5-17-48)30-52(36-65)61(70)71)49-18-6-43(7-19-49)31-53(37-66)62(72)73)57-27-14-47(15-28-57)35-60(50-20-8-44(9-21-50)32-54(38-67)63(74)75)51-22-10-45(11-23-51)33-55(39-68)64(76)77/h3-35H,1-2H3,(H,70,71)(H,72,73)(H,74,75)(H,76,77)/b52-30+,53-31+,54-32+,55-33+. The van der Waals surface area contributed by atoms with Gasteiger partial charge in [0.15, 0.2) is 0 Å². The molecule has 372 valence electrons. The van der Waals surface area contributed by atoms with E-state index in [0.29, 0.717) is 22.3 Å². The molecule has 13 nitrogen and oxygen atoms in total. The molecule has 0 fully saturated rings. The molecule has 0 aromatic heterocycles. The third kappa shape index (κ3) is 13.4. The minimum atomic E-state index is -1.34. The number of hydrogen-bond acceptors (Lipinski definition) is 9. The molecule has 0 aliphatic carbocycles. The van der Waals surface area contributed by atoms with Crippen molar-refractivity contribution in [2.45, 2.75) is 13.8 Å². The van der Waals surface area contributed by atoms with Gasteiger partial charge in [-0.2, -0.15) is 21.0 Å². The van der Waals surface area contributed by atoms with Gasteiger partial charge in [-0.15, -0.1) is 0 Å². The van der Waals surface area contributed by atoms with Gasteiger partial charge in [0.2, 0.25) is 0 Å². The van der Waals surface area contributed by atoms with Crippen LogP contribution in [0.15, 0.2) is 186 Å². The number of carboxylic acids is 4. The van der Waals surface area contributed by atoms with Crippen molar-refractivity contribution in [3.8, 4) is 24.3 Å². The Balaban J connectivity index is 1.29. The summed E-state index contributed by atoms with van der Waals surface area (Å²) in [6, 6.07) is 57.1. The molecule has 0 radical (unpaired) electrons. The second-order valence-electron chi connectivity index (χ2n) is 17.3. The lowest BCUT2D eigenvalue weighted by Gasteiger charge is -2.26. The maximum atomic E-state index is 11.5. The van der Waals surface area contributed by atoms with Crippen molar-refractivity contribution in [2.24, 2.45) is 0 Å². The average molecular weight is 1010 g/mol. The van der Waals surface area contributed by atoms with Gasteiger partial charge in [-0.3, -0.25) is 0 Å². The Kier molecular flexibility index (Phi) is 16.9. The molecule has 0 saturated heterocycles. The Morgan fingerprint density at radius 3 is 0.805 bits per heavy atom. The first kappa shape index (κ1) is 53.4. The van der Waals surface area contributed by atoms with E-state index in [0.717, 1.165) is 72.7 Å². The monoisotopic (exact) mass is 1010 g/mol. The molecule has 0 spiro atoms. The first-order chi connectivity index (χ1) is 37.1. The van der Waals surface area contributed by atoms with Crippen molar-refractivity contribution >= 4 is 88.5 Å². The summed E-state index contributed by atoms with van der Waals surface area (Å²) in [5.74, 6) is -5.36. The number of carbonyl (C=O) groups is 4. The van der Waals surface area contributed by atoms with Gasteiger partial charge >= 0.3 is 23.9 Å². The van der Waals surface area contributed by atoms with Gasteiger partial charge in [-0.1, -0.05) is 127 Å². The van der Waals surface area contributed by atoms with Crippen LogP contribution in [-0.2, 0) is 19.2 Å². The fourth-order valence-electron chi connectivity index (χ4n) is 8.02. The summed E-state index contributed by atoms with van der Waals surface area (Å²) in [7, 11) is 0. The fourth-order valence-corrected chi connectivity index (χ4v) is 8.02. The highest BCUT2D eigenvalue weighted by molar-refractivity contribution is 6.00. The number of hydrogen-bond donors (Lipinski definition) is 4. The van der Waals surface area contributed by atoms with Gasteiger partial charge in [-0.05, 0) is 165 Å². The number of rotatable bonds is 17. The Labute approximate surface area is 443 Å². The zero-order chi connectivity index (χ0) is 55.2. The first-order valence-electron chi connectivity index (χ1n) is 23.4. The Morgan fingerprint density at radius 2 is 0.571 bits per heavy atom. The van der Waals surface area contributed by atoms with E-state index in [1.165, 1.54) is 24.3 Å². The molecule has 0 saturated carbocycles. The molecule has 0 unspecified atom stereocenters. The Bertz CT molecular complexity index is 3410. The lowest BCUT2D eigenvalue weighted by atomic mass is 9.93. The van der Waals surface area contributed by atoms with Crippen LogP contribution in [0.5, 0.6) is 0 Å². The van der Waals surface area contributed by atoms with Crippen molar-refractivity contribution in [2.75, 3.05) is 4.90 Å². The maximum absolute atomic E-state index is 11.5. The summed E-state index contributed by atoms with van der Waals surface area (Å²) < 4.78 is 0. The van der Waals surface area contributed by atoms with E-state index in [2.05, 4.69) is 17.0 Å². The zero-order valence-corrected chi connectivity index (χ0v) is 41.2. The topological polar surface area (TPSA) is 248 Å². The molecule has 0 heterocycles. The van der Waals surface area contributed by atoms with Gasteiger partial charge in [0.25, 0.3) is 0 Å². The van der Waals surface area contributed by atoms with Gasteiger partial charge < -0.3 is 25.3 Å². The molecule has 4 N–H and O–H groups in total. The van der Waals surface area contributed by atoms with Crippen LogP contribution < -0.4 is 4.90 Å². The van der Waals surface area contributed by atoms with Crippen molar-refractivity contribution in [1.82, 2.24) is 0 Å². The van der Waals surface area contributed by atoms with E-state index < -0.39 is 46.2 Å². The highest BCUT2D eigenvalue weighted by Gasteiger charge is 2.16. The van der Waals surface area contributed by atoms with Gasteiger partial charge in [-0.25, -0.2) is 19.2 Å². The second kappa shape index (κ2) is 24.4. The largest absolute Gasteiger partial charge is 0.477 e. The quantitative estimate of drug-likeness (QED) is 0.0377. The second-order valence-corrected chi connectivity index (χ2v) is 17.3. The molecule has 13 heteroatoms. The number of aliphatic carboxylic acids is 4. The van der Waals surface area contributed by atoms with Crippen molar-refractivity contribution < 1.29 is 39.6 Å². The minimum Gasteiger partial charge on any atom is -0.477 e. The smallest absolute Gasteiger partial charge is 0.346 e. The molecule has 7 rings (SSSR count). The highest BCUT2D eigenvalue weighted by Crippen LogP contribution is 2.37. The molecule has 0 aliphatic heterocycles. The number of aryl methyl sites for hydroxylation is 2. The predicted octanol–water partition coefficient (Wildman–Crippen LogP) is 12.9. The van der Waals surface area contributed by atoms with Crippen LogP contribution in [0, 0.1) is 59.2 Å². The van der Waals surface area contributed by atoms with Gasteiger partial charge in [0, 0.05) is 17.1 Å². The molecule has 0 aliphatic rings. The lowest BCUT2D eigenvalue weighted by molar-refractivity contribution is -0.133. The molecule has 77 heavy (non-hydrogen) atoms. The first-order valence-corrected chi connectivity index (χ1v) is 23.4.